The van der Waals surface area contributed by atoms with E-state index in [0.29, 0.717) is 52.4 Å². The molecule has 0 unspecified atom stereocenters. The fourth-order valence-electron chi connectivity index (χ4n) is 5.28. The van der Waals surface area contributed by atoms with Gasteiger partial charge in [0.15, 0.2) is 0 Å². The predicted octanol–water partition coefficient (Wildman–Crippen LogP) is -1.09. The summed E-state index contributed by atoms with van der Waals surface area (Å²) >= 11 is 0. The van der Waals surface area contributed by atoms with Crippen molar-refractivity contribution in [2.45, 2.75) is 48.5 Å². The summed E-state index contributed by atoms with van der Waals surface area (Å²) in [7, 11) is 2.08. The van der Waals surface area contributed by atoms with Gasteiger partial charge in [0, 0.05) is 146 Å². The van der Waals surface area contributed by atoms with E-state index in [9.17, 15) is 33.6 Å². The number of hydrogen-bond acceptors (Lipinski definition) is 9. The zero-order valence-corrected chi connectivity index (χ0v) is 30.0. The zero-order valence-electron chi connectivity index (χ0n) is 30.0. The number of rotatable bonds is 2. The quantitative estimate of drug-likeness (QED) is 0.336. The highest BCUT2D eigenvalue weighted by Crippen LogP contribution is 2.04. The average Bonchev–Trinajstić information content (AvgIpc) is 3.05. The Morgan fingerprint density at radius 2 is 0.617 bits per heavy atom. The van der Waals surface area contributed by atoms with Crippen molar-refractivity contribution in [3.8, 4) is 0 Å². The van der Waals surface area contributed by atoms with Gasteiger partial charge in [0.25, 0.3) is 5.91 Å². The molecule has 47 heavy (non-hydrogen) atoms. The minimum absolute atomic E-state index is 0.0138. The number of likely N-dealkylation sites (N-methyl/N-ethyl adjacent to an activating group) is 2. The van der Waals surface area contributed by atoms with E-state index < -0.39 is 11.7 Å². The maximum atomic E-state index is 11.2. The molecule has 4 aliphatic heterocycles. The summed E-state index contributed by atoms with van der Waals surface area (Å²) in [6.07, 6.45) is 0. The number of piperazine rings is 4. The Morgan fingerprint density at radius 1 is 0.383 bits per heavy atom. The molecule has 15 heteroatoms. The molecule has 0 atom stereocenters. The number of hydrogen-bond donors (Lipinski definition) is 0. The predicted molar refractivity (Wildman–Crippen MR) is 178 cm³/mol. The molecule has 4 heterocycles. The van der Waals surface area contributed by atoms with Gasteiger partial charge in [0.05, 0.1) is 0 Å². The van der Waals surface area contributed by atoms with Gasteiger partial charge in [-0.05, 0) is 13.6 Å². The smallest absolute Gasteiger partial charge is 0.289 e. The van der Waals surface area contributed by atoms with Crippen molar-refractivity contribution in [2.24, 2.45) is 0 Å². The van der Waals surface area contributed by atoms with Crippen molar-refractivity contribution in [3.05, 3.63) is 0 Å². The van der Waals surface area contributed by atoms with E-state index in [4.69, 9.17) is 0 Å². The second-order valence-corrected chi connectivity index (χ2v) is 12.1. The van der Waals surface area contributed by atoms with E-state index in [1.165, 1.54) is 18.7 Å². The fraction of sp³-hybridized carbons (Fsp3) is 0.781. The molecule has 0 bridgehead atoms. The van der Waals surface area contributed by atoms with Crippen LogP contribution in [0.3, 0.4) is 0 Å². The van der Waals surface area contributed by atoms with Crippen LogP contribution >= 0.6 is 0 Å². The van der Waals surface area contributed by atoms with Crippen LogP contribution in [0.1, 0.15) is 48.5 Å². The Balaban J connectivity index is 0.000000316. The summed E-state index contributed by atoms with van der Waals surface area (Å²) in [4.78, 5) is 91.6. The van der Waals surface area contributed by atoms with E-state index in [-0.39, 0.29) is 29.5 Å². The highest BCUT2D eigenvalue weighted by Gasteiger charge is 2.24. The molecule has 0 N–H and O–H groups in total. The van der Waals surface area contributed by atoms with Crippen molar-refractivity contribution >= 4 is 41.2 Å². The lowest BCUT2D eigenvalue weighted by Crippen LogP contribution is -2.51. The van der Waals surface area contributed by atoms with Crippen molar-refractivity contribution in [3.63, 3.8) is 0 Å². The molecule has 4 rings (SSSR count). The molecule has 0 aromatic rings. The number of carbonyl (C=O) groups is 7. The van der Waals surface area contributed by atoms with Crippen LogP contribution in [0.5, 0.6) is 0 Å². The Kier molecular flexibility index (Phi) is 18.8. The number of nitrogens with zero attached hydrogens (tertiary/aromatic N) is 8. The Hall–Kier alpha value is -3.59. The van der Waals surface area contributed by atoms with Gasteiger partial charge >= 0.3 is 0 Å². The van der Waals surface area contributed by atoms with E-state index >= 15 is 0 Å². The molecule has 0 saturated carbocycles. The van der Waals surface area contributed by atoms with Crippen LogP contribution in [0.4, 0.5) is 0 Å². The van der Waals surface area contributed by atoms with Crippen LogP contribution in [0.2, 0.25) is 0 Å². The molecule has 4 aliphatic rings. The maximum absolute atomic E-state index is 11.2. The molecule has 6 amide bonds. The van der Waals surface area contributed by atoms with Gasteiger partial charge in [-0.15, -0.1) is 0 Å². The van der Waals surface area contributed by atoms with Gasteiger partial charge in [-0.2, -0.15) is 0 Å². The zero-order chi connectivity index (χ0) is 35.7. The van der Waals surface area contributed by atoms with Gasteiger partial charge in [0.2, 0.25) is 35.3 Å². The Bertz CT molecular complexity index is 1030. The standard InChI is InChI=1S/C9H14N2O3.C8H14N2O2.C8H16N2O.C7H14N2O/c1-7(12)9(14)11-5-3-10(4-6-11)8(2)13;1-7(11)9-3-5-10(6-4-9)8(2)12;1-3-9-4-6-10(7-5-9)8(2)11;1-7(10)9-5-3-8(2)4-6-9/h3-6H2,1-2H3;3-6H2,1-2H3;3-7H2,1-2H3;3-6H2,1-2H3. The minimum Gasteiger partial charge on any atom is -0.340 e. The Labute approximate surface area is 280 Å². The number of Topliss-reactive ketones (excluding diaryl/α,β-unsaturated/α-hetero) is 1. The Morgan fingerprint density at radius 3 is 0.851 bits per heavy atom. The lowest BCUT2D eigenvalue weighted by Gasteiger charge is -2.33. The summed E-state index contributed by atoms with van der Waals surface area (Å²) in [5, 5.41) is 0. The molecule has 0 aliphatic carbocycles. The SMILES string of the molecule is CC(=O)C(=O)N1CCN(C(C)=O)CC1.CC(=O)N1CCN(C(C)=O)CC1.CC(=O)N1CCN(C)CC1.CCN1CCN(C(C)=O)CC1. The molecule has 0 aromatic heterocycles. The van der Waals surface area contributed by atoms with Crippen LogP contribution in [0, 0.1) is 0 Å². The van der Waals surface area contributed by atoms with Crippen LogP contribution in [-0.4, -0.2) is 199 Å². The summed E-state index contributed by atoms with van der Waals surface area (Å²) in [6, 6.07) is 0. The van der Waals surface area contributed by atoms with Gasteiger partial charge in [-0.25, -0.2) is 0 Å². The van der Waals surface area contributed by atoms with Crippen LogP contribution in [0.15, 0.2) is 0 Å². The third kappa shape index (κ3) is 15.7. The number of amides is 6. The van der Waals surface area contributed by atoms with Crippen LogP contribution in [-0.2, 0) is 33.6 Å². The van der Waals surface area contributed by atoms with Gasteiger partial charge < -0.3 is 39.2 Å². The lowest BCUT2D eigenvalue weighted by molar-refractivity contribution is -0.146. The topological polar surface area (TPSA) is 145 Å². The normalized spacial score (nSPS) is 18.8. The molecular formula is C32H58N8O7. The average molecular weight is 667 g/mol. The highest BCUT2D eigenvalue weighted by atomic mass is 16.2. The summed E-state index contributed by atoms with van der Waals surface area (Å²) < 4.78 is 0. The van der Waals surface area contributed by atoms with E-state index in [1.807, 2.05) is 9.80 Å². The third-order valence-electron chi connectivity index (χ3n) is 8.70. The first-order chi connectivity index (χ1) is 22.1. The molecule has 4 saturated heterocycles. The van der Waals surface area contributed by atoms with E-state index in [1.54, 1.807) is 42.4 Å². The lowest BCUT2D eigenvalue weighted by atomic mass is 10.3. The van der Waals surface area contributed by atoms with Gasteiger partial charge in [0.1, 0.15) is 0 Å². The highest BCUT2D eigenvalue weighted by molar-refractivity contribution is 6.35. The van der Waals surface area contributed by atoms with Gasteiger partial charge in [-0.1, -0.05) is 6.92 Å². The summed E-state index contributed by atoms with van der Waals surface area (Å²) in [5.74, 6) is -0.278. The first-order valence-corrected chi connectivity index (χ1v) is 16.6. The first kappa shape index (κ1) is 41.4. The van der Waals surface area contributed by atoms with Crippen LogP contribution < -0.4 is 0 Å². The largest absolute Gasteiger partial charge is 0.340 e. The molecular weight excluding hydrogens is 608 g/mol. The fourth-order valence-corrected chi connectivity index (χ4v) is 5.28. The van der Waals surface area contributed by atoms with Crippen molar-refractivity contribution in [1.29, 1.82) is 0 Å². The summed E-state index contributed by atoms with van der Waals surface area (Å²) in [6.45, 7) is 24.8. The third-order valence-corrected chi connectivity index (χ3v) is 8.70. The molecule has 268 valence electrons. The molecule has 4 fully saturated rings. The molecule has 0 spiro atoms. The first-order valence-electron chi connectivity index (χ1n) is 16.6. The van der Waals surface area contributed by atoms with Crippen molar-refractivity contribution < 1.29 is 33.6 Å². The number of carbonyl (C=O) groups excluding carboxylic acids is 7. The maximum Gasteiger partial charge on any atom is 0.289 e. The van der Waals surface area contributed by atoms with E-state index in [0.717, 1.165) is 58.9 Å². The second-order valence-electron chi connectivity index (χ2n) is 12.1. The monoisotopic (exact) mass is 666 g/mol. The molecule has 0 aromatic carbocycles. The van der Waals surface area contributed by atoms with E-state index in [2.05, 4.69) is 23.8 Å². The number of ketones is 1. The molecule has 15 nitrogen and oxygen atoms in total. The van der Waals surface area contributed by atoms with Gasteiger partial charge in [-0.3, -0.25) is 33.6 Å². The minimum atomic E-state index is -0.451. The summed E-state index contributed by atoms with van der Waals surface area (Å²) in [5.41, 5.74) is 0. The van der Waals surface area contributed by atoms with Crippen molar-refractivity contribution in [1.82, 2.24) is 39.2 Å². The van der Waals surface area contributed by atoms with Crippen LogP contribution in [0.25, 0.3) is 0 Å². The van der Waals surface area contributed by atoms with Crippen molar-refractivity contribution in [2.75, 3.05) is 118 Å². The second kappa shape index (κ2) is 21.3. The molecule has 0 radical (unpaired) electrons.